The molecule has 0 amide bonds. The highest BCUT2D eigenvalue weighted by atomic mass is 35.5. The SMILES string of the molecule is COc1ccc(CNc2ncnc3c2SC(=N)/C3=C(/C)C(=N)Cl)cc1F. The molecule has 0 saturated carbocycles. The van der Waals surface area contributed by atoms with Crippen molar-refractivity contribution in [1.82, 2.24) is 9.97 Å². The van der Waals surface area contributed by atoms with Crippen molar-refractivity contribution in [3.8, 4) is 5.75 Å². The number of halogens is 2. The Labute approximate surface area is 158 Å². The van der Waals surface area contributed by atoms with Gasteiger partial charge in [-0.1, -0.05) is 29.4 Å². The summed E-state index contributed by atoms with van der Waals surface area (Å²) >= 11 is 6.98. The van der Waals surface area contributed by atoms with Crippen LogP contribution < -0.4 is 10.1 Å². The van der Waals surface area contributed by atoms with Crippen LogP contribution in [0.1, 0.15) is 18.2 Å². The van der Waals surface area contributed by atoms with Crippen LogP contribution in [0.5, 0.6) is 5.75 Å². The fraction of sp³-hybridized carbons (Fsp3) is 0.176. The van der Waals surface area contributed by atoms with Crippen LogP contribution in [0.15, 0.2) is 35.0 Å². The van der Waals surface area contributed by atoms with Crippen molar-refractivity contribution in [2.45, 2.75) is 18.4 Å². The largest absolute Gasteiger partial charge is 0.494 e. The number of rotatable bonds is 5. The number of benzene rings is 1. The number of nitrogens with zero attached hydrogens (tertiary/aromatic N) is 2. The molecule has 26 heavy (non-hydrogen) atoms. The summed E-state index contributed by atoms with van der Waals surface area (Å²) in [7, 11) is 1.42. The molecule has 0 unspecified atom stereocenters. The first-order valence-corrected chi connectivity index (χ1v) is 8.75. The molecule has 1 aliphatic heterocycles. The lowest BCUT2D eigenvalue weighted by atomic mass is 10.1. The molecule has 6 nitrogen and oxygen atoms in total. The van der Waals surface area contributed by atoms with Crippen LogP contribution in [0, 0.1) is 16.6 Å². The number of hydrogen-bond donors (Lipinski definition) is 3. The minimum absolute atomic E-state index is 0.125. The average Bonchev–Trinajstić information content (AvgIpc) is 2.95. The van der Waals surface area contributed by atoms with Crippen molar-refractivity contribution in [2.24, 2.45) is 0 Å². The number of allylic oxidation sites excluding steroid dienone is 1. The van der Waals surface area contributed by atoms with Crippen LogP contribution in [0.25, 0.3) is 5.57 Å². The van der Waals surface area contributed by atoms with Crippen LogP contribution in [-0.4, -0.2) is 27.3 Å². The van der Waals surface area contributed by atoms with Crippen molar-refractivity contribution in [3.05, 3.63) is 47.2 Å². The average molecular weight is 392 g/mol. The molecular weight excluding hydrogens is 377 g/mol. The zero-order chi connectivity index (χ0) is 18.8. The van der Waals surface area contributed by atoms with Crippen LogP contribution in [0.3, 0.4) is 0 Å². The predicted octanol–water partition coefficient (Wildman–Crippen LogP) is 4.31. The number of ether oxygens (including phenoxy) is 1. The maximum Gasteiger partial charge on any atom is 0.165 e. The van der Waals surface area contributed by atoms with Crippen LogP contribution in [0.2, 0.25) is 0 Å². The second kappa shape index (κ2) is 7.43. The van der Waals surface area contributed by atoms with E-state index in [1.165, 1.54) is 31.3 Å². The van der Waals surface area contributed by atoms with Gasteiger partial charge in [0.05, 0.1) is 17.7 Å². The Hall–Kier alpha value is -2.45. The van der Waals surface area contributed by atoms with Crippen molar-refractivity contribution in [2.75, 3.05) is 12.4 Å². The number of thioether (sulfide) groups is 1. The van der Waals surface area contributed by atoms with E-state index in [9.17, 15) is 4.39 Å². The second-order valence-corrected chi connectivity index (χ2v) is 6.87. The number of nitrogens with one attached hydrogen (secondary N) is 3. The molecule has 0 saturated heterocycles. The standard InChI is InChI=1S/C17H15ClFN5OS/c1-8(15(18)20)12-13-14(26-16(12)21)17(24-7-23-13)22-6-9-3-4-11(25-2)10(19)5-9/h3-5,7,20-21H,6H2,1-2H3,(H,22,23,24)/b12-8-,20-15?,21-16?. The third-order valence-corrected chi connectivity index (χ3v) is 5.13. The Morgan fingerprint density at radius 3 is 2.81 bits per heavy atom. The minimum atomic E-state index is -0.433. The highest BCUT2D eigenvalue weighted by Gasteiger charge is 2.30. The summed E-state index contributed by atoms with van der Waals surface area (Å²) in [5.41, 5.74) is 2.32. The fourth-order valence-electron chi connectivity index (χ4n) is 2.50. The molecule has 9 heteroatoms. The van der Waals surface area contributed by atoms with E-state index in [-0.39, 0.29) is 16.0 Å². The maximum absolute atomic E-state index is 13.8. The lowest BCUT2D eigenvalue weighted by molar-refractivity contribution is 0.386. The van der Waals surface area contributed by atoms with E-state index in [0.717, 1.165) is 5.56 Å². The summed E-state index contributed by atoms with van der Waals surface area (Å²) in [6.45, 7) is 2.03. The van der Waals surface area contributed by atoms with E-state index in [1.54, 1.807) is 19.1 Å². The fourth-order valence-corrected chi connectivity index (χ4v) is 3.62. The van der Waals surface area contributed by atoms with E-state index in [2.05, 4.69) is 15.3 Å². The molecule has 0 aliphatic carbocycles. The summed E-state index contributed by atoms with van der Waals surface area (Å²) in [6.07, 6.45) is 1.39. The third kappa shape index (κ3) is 3.42. The lowest BCUT2D eigenvalue weighted by Gasteiger charge is -2.10. The van der Waals surface area contributed by atoms with Gasteiger partial charge in [0.15, 0.2) is 11.6 Å². The molecule has 3 rings (SSSR count). The molecule has 0 fully saturated rings. The molecule has 0 bridgehead atoms. The summed E-state index contributed by atoms with van der Waals surface area (Å²) in [4.78, 5) is 9.17. The summed E-state index contributed by atoms with van der Waals surface area (Å²) in [5.74, 6) is 0.302. The zero-order valence-corrected chi connectivity index (χ0v) is 15.6. The van der Waals surface area contributed by atoms with Crippen molar-refractivity contribution in [3.63, 3.8) is 0 Å². The minimum Gasteiger partial charge on any atom is -0.494 e. The van der Waals surface area contributed by atoms with Gasteiger partial charge in [0.1, 0.15) is 22.4 Å². The Balaban J connectivity index is 1.88. The number of fused-ring (bicyclic) bond motifs is 1. The van der Waals surface area contributed by atoms with Gasteiger partial charge in [-0.2, -0.15) is 0 Å². The molecular formula is C17H15ClFN5OS. The van der Waals surface area contributed by atoms with E-state index < -0.39 is 5.82 Å². The lowest BCUT2D eigenvalue weighted by Crippen LogP contribution is -2.05. The first kappa shape index (κ1) is 18.3. The molecule has 0 atom stereocenters. The molecule has 1 aliphatic rings. The van der Waals surface area contributed by atoms with Crippen LogP contribution in [0.4, 0.5) is 10.2 Å². The number of anilines is 1. The summed E-state index contributed by atoms with van der Waals surface area (Å²) in [5, 5.41) is 19.1. The summed E-state index contributed by atoms with van der Waals surface area (Å²) < 4.78 is 18.7. The van der Waals surface area contributed by atoms with E-state index in [1.807, 2.05) is 0 Å². The molecule has 134 valence electrons. The van der Waals surface area contributed by atoms with Gasteiger partial charge >= 0.3 is 0 Å². The molecule has 2 aromatic rings. The monoisotopic (exact) mass is 391 g/mol. The molecule has 2 heterocycles. The molecule has 0 radical (unpaired) electrons. The van der Waals surface area contributed by atoms with E-state index in [4.69, 9.17) is 27.2 Å². The number of aromatic nitrogens is 2. The second-order valence-electron chi connectivity index (χ2n) is 5.47. The maximum atomic E-state index is 13.8. The number of methoxy groups -OCH3 is 1. The number of hydrogen-bond acceptors (Lipinski definition) is 7. The van der Waals surface area contributed by atoms with Gasteiger partial charge in [-0.15, -0.1) is 0 Å². The Kier molecular flexibility index (Phi) is 5.24. The van der Waals surface area contributed by atoms with Gasteiger partial charge < -0.3 is 10.1 Å². The highest BCUT2D eigenvalue weighted by Crippen LogP contribution is 2.44. The molecule has 1 aromatic carbocycles. The van der Waals surface area contributed by atoms with Gasteiger partial charge in [0, 0.05) is 12.1 Å². The predicted molar refractivity (Wildman–Crippen MR) is 102 cm³/mol. The smallest absolute Gasteiger partial charge is 0.165 e. The molecule has 3 N–H and O–H groups in total. The van der Waals surface area contributed by atoms with Crippen LogP contribution >= 0.6 is 23.4 Å². The quantitative estimate of drug-likeness (QED) is 0.660. The van der Waals surface area contributed by atoms with E-state index >= 15 is 0 Å². The molecule has 1 aromatic heterocycles. The van der Waals surface area contributed by atoms with Crippen molar-refractivity contribution in [1.29, 1.82) is 10.8 Å². The van der Waals surface area contributed by atoms with Gasteiger partial charge in [0.25, 0.3) is 0 Å². The first-order chi connectivity index (χ1) is 12.4. The van der Waals surface area contributed by atoms with Gasteiger partial charge in [-0.3, -0.25) is 10.8 Å². The Bertz CT molecular complexity index is 947. The molecule has 0 spiro atoms. The summed E-state index contributed by atoms with van der Waals surface area (Å²) in [6, 6.07) is 4.72. The highest BCUT2D eigenvalue weighted by molar-refractivity contribution is 8.15. The van der Waals surface area contributed by atoms with Gasteiger partial charge in [0.2, 0.25) is 0 Å². The Morgan fingerprint density at radius 2 is 2.15 bits per heavy atom. The first-order valence-electron chi connectivity index (χ1n) is 7.56. The third-order valence-electron chi connectivity index (χ3n) is 3.85. The van der Waals surface area contributed by atoms with Gasteiger partial charge in [-0.25, -0.2) is 14.4 Å². The topological polar surface area (TPSA) is 94.7 Å². The Morgan fingerprint density at radius 1 is 1.38 bits per heavy atom. The van der Waals surface area contributed by atoms with E-state index in [0.29, 0.717) is 34.1 Å². The normalized spacial score (nSPS) is 14.8. The van der Waals surface area contributed by atoms with Crippen molar-refractivity contribution >= 4 is 45.0 Å². The zero-order valence-electron chi connectivity index (χ0n) is 14.0. The van der Waals surface area contributed by atoms with Gasteiger partial charge in [-0.05, 0) is 30.2 Å². The van der Waals surface area contributed by atoms with Crippen molar-refractivity contribution < 1.29 is 9.13 Å². The van der Waals surface area contributed by atoms with Crippen LogP contribution in [-0.2, 0) is 6.54 Å².